The average molecular weight is 216 g/mol. The number of rotatable bonds is 3. The first-order valence-electron chi connectivity index (χ1n) is 4.51. The highest BCUT2D eigenvalue weighted by atomic mass is 19.3. The SMILES string of the molecule is COc1cc(C)c(C(C)(F)F)cc1OC. The van der Waals surface area contributed by atoms with Crippen LogP contribution in [0.2, 0.25) is 0 Å². The highest BCUT2D eigenvalue weighted by molar-refractivity contribution is 5.48. The van der Waals surface area contributed by atoms with Crippen LogP contribution in [-0.2, 0) is 5.92 Å². The summed E-state index contributed by atoms with van der Waals surface area (Å²) in [5.41, 5.74) is 0.445. The zero-order chi connectivity index (χ0) is 11.6. The van der Waals surface area contributed by atoms with Crippen LogP contribution in [0, 0.1) is 6.92 Å². The zero-order valence-electron chi connectivity index (χ0n) is 9.23. The van der Waals surface area contributed by atoms with Gasteiger partial charge in [0.1, 0.15) is 0 Å². The summed E-state index contributed by atoms with van der Waals surface area (Å²) in [4.78, 5) is 0. The van der Waals surface area contributed by atoms with Crippen LogP contribution in [0.15, 0.2) is 12.1 Å². The highest BCUT2D eigenvalue weighted by Gasteiger charge is 2.28. The van der Waals surface area contributed by atoms with Crippen LogP contribution in [0.1, 0.15) is 18.1 Å². The molecule has 0 aliphatic heterocycles. The first-order chi connectivity index (χ1) is 6.90. The van der Waals surface area contributed by atoms with E-state index in [2.05, 4.69) is 0 Å². The van der Waals surface area contributed by atoms with Crippen molar-refractivity contribution in [1.29, 1.82) is 0 Å². The summed E-state index contributed by atoms with van der Waals surface area (Å²) in [5.74, 6) is -2.09. The fourth-order valence-electron chi connectivity index (χ4n) is 1.45. The molecule has 2 nitrogen and oxygen atoms in total. The topological polar surface area (TPSA) is 18.5 Å². The molecule has 0 spiro atoms. The largest absolute Gasteiger partial charge is 0.493 e. The third-order valence-electron chi connectivity index (χ3n) is 2.20. The third-order valence-corrected chi connectivity index (χ3v) is 2.20. The van der Waals surface area contributed by atoms with Gasteiger partial charge in [-0.1, -0.05) is 0 Å². The van der Waals surface area contributed by atoms with Crippen molar-refractivity contribution in [3.63, 3.8) is 0 Å². The predicted molar refractivity (Wildman–Crippen MR) is 53.9 cm³/mol. The summed E-state index contributed by atoms with van der Waals surface area (Å²) < 4.78 is 36.3. The van der Waals surface area contributed by atoms with Gasteiger partial charge in [0.15, 0.2) is 11.5 Å². The number of hydrogen-bond acceptors (Lipinski definition) is 2. The Morgan fingerprint density at radius 2 is 1.53 bits per heavy atom. The van der Waals surface area contributed by atoms with Gasteiger partial charge < -0.3 is 9.47 Å². The lowest BCUT2D eigenvalue weighted by atomic mass is 10.0. The Bertz CT molecular complexity index is 356. The molecular weight excluding hydrogens is 202 g/mol. The minimum Gasteiger partial charge on any atom is -0.493 e. The molecule has 0 saturated carbocycles. The fourth-order valence-corrected chi connectivity index (χ4v) is 1.45. The quantitative estimate of drug-likeness (QED) is 0.772. The van der Waals surface area contributed by atoms with Crippen molar-refractivity contribution in [3.8, 4) is 11.5 Å². The maximum atomic E-state index is 13.2. The molecule has 4 heteroatoms. The second-order valence-corrected chi connectivity index (χ2v) is 3.41. The number of hydrogen-bond donors (Lipinski definition) is 0. The molecule has 0 aliphatic rings. The fraction of sp³-hybridized carbons (Fsp3) is 0.455. The summed E-state index contributed by atoms with van der Waals surface area (Å²) in [6.07, 6.45) is 0. The van der Waals surface area contributed by atoms with Crippen molar-refractivity contribution in [2.24, 2.45) is 0 Å². The van der Waals surface area contributed by atoms with Crippen molar-refractivity contribution < 1.29 is 18.3 Å². The average Bonchev–Trinajstić information content (AvgIpc) is 2.15. The molecular formula is C11H14F2O2. The lowest BCUT2D eigenvalue weighted by molar-refractivity contribution is 0.0165. The van der Waals surface area contributed by atoms with Gasteiger partial charge in [-0.2, -0.15) is 0 Å². The maximum absolute atomic E-state index is 13.2. The van der Waals surface area contributed by atoms with E-state index in [1.807, 2.05) is 0 Å². The summed E-state index contributed by atoms with van der Waals surface area (Å²) in [5, 5.41) is 0. The van der Waals surface area contributed by atoms with Gasteiger partial charge in [-0.25, -0.2) is 8.78 Å². The number of methoxy groups -OCH3 is 2. The van der Waals surface area contributed by atoms with Crippen LogP contribution < -0.4 is 9.47 Å². The standard InChI is InChI=1S/C11H14F2O2/c1-7-5-9(14-3)10(15-4)6-8(7)11(2,12)13/h5-6H,1-4H3. The molecule has 0 bridgehead atoms. The van der Waals surface area contributed by atoms with Gasteiger partial charge >= 0.3 is 0 Å². The van der Waals surface area contributed by atoms with E-state index in [0.29, 0.717) is 17.1 Å². The van der Waals surface area contributed by atoms with Gasteiger partial charge in [0.25, 0.3) is 5.92 Å². The first-order valence-corrected chi connectivity index (χ1v) is 4.51. The molecule has 84 valence electrons. The van der Waals surface area contributed by atoms with E-state index in [1.165, 1.54) is 20.3 Å². The number of aryl methyl sites for hydroxylation is 1. The van der Waals surface area contributed by atoms with Gasteiger partial charge in [0.2, 0.25) is 0 Å². The number of ether oxygens (including phenoxy) is 2. The normalized spacial score (nSPS) is 11.3. The van der Waals surface area contributed by atoms with E-state index < -0.39 is 5.92 Å². The molecule has 15 heavy (non-hydrogen) atoms. The number of benzene rings is 1. The minimum atomic E-state index is -2.87. The summed E-state index contributed by atoms with van der Waals surface area (Å²) in [6, 6.07) is 2.86. The lowest BCUT2D eigenvalue weighted by Gasteiger charge is -2.17. The second kappa shape index (κ2) is 4.04. The van der Waals surface area contributed by atoms with E-state index in [-0.39, 0.29) is 5.56 Å². The van der Waals surface area contributed by atoms with E-state index in [9.17, 15) is 8.78 Å². The Morgan fingerprint density at radius 3 is 1.93 bits per heavy atom. The van der Waals surface area contributed by atoms with Gasteiger partial charge in [0, 0.05) is 12.5 Å². The Hall–Kier alpha value is -1.32. The molecule has 1 aromatic carbocycles. The van der Waals surface area contributed by atoms with Crippen LogP contribution in [0.25, 0.3) is 0 Å². The van der Waals surface area contributed by atoms with Crippen molar-refractivity contribution >= 4 is 0 Å². The van der Waals surface area contributed by atoms with Crippen molar-refractivity contribution in [1.82, 2.24) is 0 Å². The Labute approximate surface area is 87.8 Å². The van der Waals surface area contributed by atoms with E-state index >= 15 is 0 Å². The molecule has 0 amide bonds. The van der Waals surface area contributed by atoms with E-state index in [1.54, 1.807) is 13.0 Å². The molecule has 0 fully saturated rings. The molecule has 0 aromatic heterocycles. The van der Waals surface area contributed by atoms with Crippen LogP contribution in [-0.4, -0.2) is 14.2 Å². The van der Waals surface area contributed by atoms with Gasteiger partial charge in [-0.15, -0.1) is 0 Å². The Kier molecular flexibility index (Phi) is 3.17. The van der Waals surface area contributed by atoms with Crippen LogP contribution in [0.5, 0.6) is 11.5 Å². The molecule has 0 heterocycles. The Balaban J connectivity index is 3.32. The lowest BCUT2D eigenvalue weighted by Crippen LogP contribution is -2.10. The van der Waals surface area contributed by atoms with Crippen LogP contribution >= 0.6 is 0 Å². The summed E-state index contributed by atoms with van der Waals surface area (Å²) >= 11 is 0. The molecule has 0 aliphatic carbocycles. The highest BCUT2D eigenvalue weighted by Crippen LogP contribution is 2.37. The smallest absolute Gasteiger partial charge is 0.270 e. The molecule has 0 saturated heterocycles. The first kappa shape index (κ1) is 11.8. The number of halogens is 2. The van der Waals surface area contributed by atoms with Crippen molar-refractivity contribution in [2.75, 3.05) is 14.2 Å². The van der Waals surface area contributed by atoms with Crippen LogP contribution in [0.3, 0.4) is 0 Å². The van der Waals surface area contributed by atoms with E-state index in [0.717, 1.165) is 6.92 Å². The second-order valence-electron chi connectivity index (χ2n) is 3.41. The molecule has 1 aromatic rings. The van der Waals surface area contributed by atoms with Crippen LogP contribution in [0.4, 0.5) is 8.78 Å². The maximum Gasteiger partial charge on any atom is 0.270 e. The minimum absolute atomic E-state index is 0.0415. The molecule has 0 unspecified atom stereocenters. The molecule has 0 atom stereocenters. The zero-order valence-corrected chi connectivity index (χ0v) is 9.23. The third kappa shape index (κ3) is 2.37. The molecule has 0 N–H and O–H groups in total. The molecule has 0 radical (unpaired) electrons. The molecule has 1 rings (SSSR count). The van der Waals surface area contributed by atoms with Crippen molar-refractivity contribution in [2.45, 2.75) is 19.8 Å². The Morgan fingerprint density at radius 1 is 1.07 bits per heavy atom. The van der Waals surface area contributed by atoms with Gasteiger partial charge in [-0.05, 0) is 24.6 Å². The van der Waals surface area contributed by atoms with Gasteiger partial charge in [0.05, 0.1) is 14.2 Å². The predicted octanol–water partition coefficient (Wildman–Crippen LogP) is 3.12. The van der Waals surface area contributed by atoms with Gasteiger partial charge in [-0.3, -0.25) is 0 Å². The monoisotopic (exact) mass is 216 g/mol. The summed E-state index contributed by atoms with van der Waals surface area (Å²) in [6.45, 7) is 2.48. The van der Waals surface area contributed by atoms with E-state index in [4.69, 9.17) is 9.47 Å². The van der Waals surface area contributed by atoms with Crippen molar-refractivity contribution in [3.05, 3.63) is 23.3 Å². The summed E-state index contributed by atoms with van der Waals surface area (Å²) in [7, 11) is 2.89. The number of alkyl halides is 2.